The third-order valence-electron chi connectivity index (χ3n) is 3.14. The number of thiophene rings is 1. The summed E-state index contributed by atoms with van der Waals surface area (Å²) in [6.07, 6.45) is 2.76. The highest BCUT2D eigenvalue weighted by Gasteiger charge is 2.08. The smallest absolute Gasteiger partial charge is 0.328 e. The lowest BCUT2D eigenvalue weighted by Gasteiger charge is -2.01. The molecule has 2 aromatic heterocycles. The first kappa shape index (κ1) is 13.5. The van der Waals surface area contributed by atoms with E-state index < -0.39 is 5.97 Å². The Bertz CT molecular complexity index is 638. The molecule has 100 valence electrons. The molecule has 0 bridgehead atoms. The lowest BCUT2D eigenvalue weighted by Crippen LogP contribution is -2.02. The molecule has 0 atom stereocenters. The fraction of sp³-hybridized carbons (Fsp3) is 0.286. The van der Waals surface area contributed by atoms with Gasteiger partial charge in [-0.25, -0.2) is 4.79 Å². The molecule has 2 heterocycles. The van der Waals surface area contributed by atoms with Crippen LogP contribution in [0.25, 0.3) is 6.08 Å². The van der Waals surface area contributed by atoms with Gasteiger partial charge in [0, 0.05) is 16.6 Å². The van der Waals surface area contributed by atoms with E-state index in [1.807, 2.05) is 23.1 Å². The predicted molar refractivity (Wildman–Crippen MR) is 76.5 cm³/mol. The van der Waals surface area contributed by atoms with Crippen LogP contribution in [0.5, 0.6) is 0 Å². The summed E-state index contributed by atoms with van der Waals surface area (Å²) in [6, 6.07) is 2.00. The number of hydrogen-bond donors (Lipinski definition) is 1. The van der Waals surface area contributed by atoms with Crippen LogP contribution in [0.1, 0.15) is 27.4 Å². The fourth-order valence-corrected chi connectivity index (χ4v) is 2.66. The number of rotatable bonds is 4. The first-order valence-electron chi connectivity index (χ1n) is 5.96. The zero-order valence-corrected chi connectivity index (χ0v) is 12.0. The van der Waals surface area contributed by atoms with Gasteiger partial charge >= 0.3 is 5.97 Å². The highest BCUT2D eigenvalue weighted by molar-refractivity contribution is 7.10. The second-order valence-electron chi connectivity index (χ2n) is 4.47. The topological polar surface area (TPSA) is 55.1 Å². The summed E-state index contributed by atoms with van der Waals surface area (Å²) < 4.78 is 1.99. The Morgan fingerprint density at radius 3 is 2.79 bits per heavy atom. The number of nitrogens with zero attached hydrogens (tertiary/aromatic N) is 2. The third-order valence-corrected chi connectivity index (χ3v) is 4.08. The molecular weight excluding hydrogens is 260 g/mol. The van der Waals surface area contributed by atoms with Gasteiger partial charge in [-0.15, -0.1) is 11.3 Å². The number of hydrogen-bond acceptors (Lipinski definition) is 3. The van der Waals surface area contributed by atoms with Gasteiger partial charge in [0.1, 0.15) is 0 Å². The fourth-order valence-electron chi connectivity index (χ4n) is 1.82. The lowest BCUT2D eigenvalue weighted by atomic mass is 10.2. The zero-order chi connectivity index (χ0) is 14.0. The Kier molecular flexibility index (Phi) is 3.85. The Balaban J connectivity index is 2.16. The van der Waals surface area contributed by atoms with Gasteiger partial charge in [-0.2, -0.15) is 5.10 Å². The van der Waals surface area contributed by atoms with Crippen molar-refractivity contribution < 1.29 is 9.90 Å². The van der Waals surface area contributed by atoms with E-state index >= 15 is 0 Å². The van der Waals surface area contributed by atoms with Crippen molar-refractivity contribution in [2.24, 2.45) is 0 Å². The summed E-state index contributed by atoms with van der Waals surface area (Å²) in [5.41, 5.74) is 4.37. The van der Waals surface area contributed by atoms with Crippen LogP contribution in [0, 0.1) is 20.8 Å². The average molecular weight is 276 g/mol. The molecule has 19 heavy (non-hydrogen) atoms. The van der Waals surface area contributed by atoms with Gasteiger partial charge in [-0.3, -0.25) is 4.68 Å². The van der Waals surface area contributed by atoms with E-state index in [1.54, 1.807) is 17.4 Å². The van der Waals surface area contributed by atoms with Gasteiger partial charge < -0.3 is 5.11 Å². The molecule has 2 aromatic rings. The predicted octanol–water partition coefficient (Wildman–Crippen LogP) is 3.02. The zero-order valence-electron chi connectivity index (χ0n) is 11.2. The lowest BCUT2D eigenvalue weighted by molar-refractivity contribution is -0.131. The monoisotopic (exact) mass is 276 g/mol. The van der Waals surface area contributed by atoms with Crippen LogP contribution in [0.4, 0.5) is 0 Å². The molecule has 0 unspecified atom stereocenters. The normalized spacial score (nSPS) is 11.3. The molecular formula is C14H16N2O2S. The van der Waals surface area contributed by atoms with Crippen molar-refractivity contribution in [1.29, 1.82) is 0 Å². The Morgan fingerprint density at radius 2 is 2.21 bits per heavy atom. The van der Waals surface area contributed by atoms with Gasteiger partial charge in [0.2, 0.25) is 0 Å². The summed E-state index contributed by atoms with van der Waals surface area (Å²) >= 11 is 1.61. The summed E-state index contributed by atoms with van der Waals surface area (Å²) in [5, 5.41) is 15.0. The number of carbonyl (C=O) groups is 1. The Hall–Kier alpha value is -1.88. The van der Waals surface area contributed by atoms with E-state index in [1.165, 1.54) is 11.3 Å². The summed E-state index contributed by atoms with van der Waals surface area (Å²) in [4.78, 5) is 11.6. The summed E-state index contributed by atoms with van der Waals surface area (Å²) in [7, 11) is 0. The number of carboxylic acids is 1. The SMILES string of the molecule is Cc1nn(Cc2cc(C=CC(=O)O)cs2)c(C)c1C. The third kappa shape index (κ3) is 3.12. The van der Waals surface area contributed by atoms with Crippen molar-refractivity contribution in [2.75, 3.05) is 0 Å². The van der Waals surface area contributed by atoms with Crippen LogP contribution in [-0.4, -0.2) is 20.9 Å². The van der Waals surface area contributed by atoms with Crippen LogP contribution < -0.4 is 0 Å². The van der Waals surface area contributed by atoms with Crippen molar-refractivity contribution in [3.8, 4) is 0 Å². The molecule has 0 aliphatic rings. The molecule has 1 N–H and O–H groups in total. The first-order chi connectivity index (χ1) is 8.97. The second-order valence-corrected chi connectivity index (χ2v) is 5.47. The van der Waals surface area contributed by atoms with Crippen LogP contribution in [-0.2, 0) is 11.3 Å². The minimum Gasteiger partial charge on any atom is -0.478 e. The van der Waals surface area contributed by atoms with Gasteiger partial charge in [-0.05, 0) is 49.4 Å². The molecule has 0 aliphatic carbocycles. The Morgan fingerprint density at radius 1 is 1.47 bits per heavy atom. The Labute approximate surface area is 116 Å². The van der Waals surface area contributed by atoms with Gasteiger partial charge in [-0.1, -0.05) is 0 Å². The molecule has 2 rings (SSSR count). The molecule has 4 nitrogen and oxygen atoms in total. The molecule has 0 aliphatic heterocycles. The maximum Gasteiger partial charge on any atom is 0.328 e. The standard InChI is InChI=1S/C14H16N2O2S/c1-9-10(2)15-16(11(9)3)7-13-6-12(8-19-13)4-5-14(17)18/h4-6,8H,7H2,1-3H3,(H,17,18). The van der Waals surface area contributed by atoms with E-state index in [-0.39, 0.29) is 0 Å². The van der Waals surface area contributed by atoms with Crippen molar-refractivity contribution in [3.63, 3.8) is 0 Å². The molecule has 0 amide bonds. The molecule has 0 fully saturated rings. The average Bonchev–Trinajstić information content (AvgIpc) is 2.89. The van der Waals surface area contributed by atoms with E-state index in [2.05, 4.69) is 18.9 Å². The van der Waals surface area contributed by atoms with E-state index in [0.29, 0.717) is 0 Å². The molecule has 0 saturated heterocycles. The number of aromatic nitrogens is 2. The van der Waals surface area contributed by atoms with Crippen molar-refractivity contribution in [1.82, 2.24) is 9.78 Å². The van der Waals surface area contributed by atoms with Gasteiger partial charge in [0.05, 0.1) is 12.2 Å². The van der Waals surface area contributed by atoms with E-state index in [9.17, 15) is 4.79 Å². The highest BCUT2D eigenvalue weighted by atomic mass is 32.1. The van der Waals surface area contributed by atoms with E-state index in [4.69, 9.17) is 5.11 Å². The number of aryl methyl sites for hydroxylation is 1. The minimum atomic E-state index is -0.929. The van der Waals surface area contributed by atoms with Crippen LogP contribution in [0.3, 0.4) is 0 Å². The van der Waals surface area contributed by atoms with E-state index in [0.717, 1.165) is 28.8 Å². The van der Waals surface area contributed by atoms with Crippen LogP contribution in [0.2, 0.25) is 0 Å². The number of carboxylic acid groups (broad SMARTS) is 1. The quantitative estimate of drug-likeness (QED) is 0.873. The summed E-state index contributed by atoms with van der Waals surface area (Å²) in [5.74, 6) is -0.929. The van der Waals surface area contributed by atoms with Crippen LogP contribution >= 0.6 is 11.3 Å². The second kappa shape index (κ2) is 5.40. The maximum absolute atomic E-state index is 10.5. The molecule has 0 saturated carbocycles. The molecule has 0 radical (unpaired) electrons. The molecule has 0 aromatic carbocycles. The first-order valence-corrected chi connectivity index (χ1v) is 6.84. The minimum absolute atomic E-state index is 0.728. The molecule has 0 spiro atoms. The van der Waals surface area contributed by atoms with Gasteiger partial charge in [0.15, 0.2) is 0 Å². The van der Waals surface area contributed by atoms with Crippen molar-refractivity contribution >= 4 is 23.4 Å². The maximum atomic E-state index is 10.5. The highest BCUT2D eigenvalue weighted by Crippen LogP contribution is 2.19. The van der Waals surface area contributed by atoms with Crippen LogP contribution in [0.15, 0.2) is 17.5 Å². The van der Waals surface area contributed by atoms with Crippen molar-refractivity contribution in [2.45, 2.75) is 27.3 Å². The summed E-state index contributed by atoms with van der Waals surface area (Å²) in [6.45, 7) is 6.87. The molecule has 5 heteroatoms. The largest absolute Gasteiger partial charge is 0.478 e. The van der Waals surface area contributed by atoms with Crippen molar-refractivity contribution in [3.05, 3.63) is 44.9 Å². The van der Waals surface area contributed by atoms with Gasteiger partial charge in [0.25, 0.3) is 0 Å². The number of aliphatic carboxylic acids is 1.